The van der Waals surface area contributed by atoms with Crippen LogP contribution in [0, 0.1) is 5.92 Å². The van der Waals surface area contributed by atoms with E-state index in [4.69, 9.17) is 4.74 Å². The van der Waals surface area contributed by atoms with Gasteiger partial charge >= 0.3 is 0 Å². The Morgan fingerprint density at radius 1 is 1.32 bits per heavy atom. The van der Waals surface area contributed by atoms with Crippen LogP contribution in [0.4, 0.5) is 0 Å². The topological polar surface area (TPSA) is 32.7 Å². The second-order valence-corrected chi connectivity index (χ2v) is 5.32. The van der Waals surface area contributed by atoms with Gasteiger partial charge < -0.3 is 9.84 Å². The second kappa shape index (κ2) is 6.29. The van der Waals surface area contributed by atoms with Crippen molar-refractivity contribution in [3.8, 4) is 11.5 Å². The number of fused-ring (bicyclic) bond motifs is 1. The molecule has 2 rings (SSSR count). The summed E-state index contributed by atoms with van der Waals surface area (Å²) in [6.07, 6.45) is 2.45. The van der Waals surface area contributed by atoms with E-state index in [-0.39, 0.29) is 5.75 Å². The van der Waals surface area contributed by atoms with Crippen molar-refractivity contribution >= 4 is 0 Å². The van der Waals surface area contributed by atoms with Crippen molar-refractivity contribution in [2.45, 2.75) is 39.7 Å². The molecule has 1 heterocycles. The Kier molecular flexibility index (Phi) is 4.70. The molecular weight excluding hydrogens is 238 g/mol. The Morgan fingerprint density at radius 3 is 2.68 bits per heavy atom. The molecule has 1 aromatic carbocycles. The van der Waals surface area contributed by atoms with Crippen LogP contribution >= 0.6 is 0 Å². The summed E-state index contributed by atoms with van der Waals surface area (Å²) in [6.45, 7) is 9.59. The Morgan fingerprint density at radius 2 is 2.05 bits per heavy atom. The maximum Gasteiger partial charge on any atom is 0.127 e. The summed E-state index contributed by atoms with van der Waals surface area (Å²) in [5.41, 5.74) is 1.21. The molecule has 19 heavy (non-hydrogen) atoms. The fourth-order valence-corrected chi connectivity index (χ4v) is 2.84. The quantitative estimate of drug-likeness (QED) is 0.851. The maximum absolute atomic E-state index is 9.51. The Balaban J connectivity index is 2.14. The van der Waals surface area contributed by atoms with Crippen LogP contribution in [0.1, 0.15) is 45.2 Å². The third kappa shape index (κ3) is 3.03. The fraction of sp³-hybridized carbons (Fsp3) is 0.625. The predicted molar refractivity (Wildman–Crippen MR) is 77.7 cm³/mol. The van der Waals surface area contributed by atoms with Gasteiger partial charge in [-0.25, -0.2) is 0 Å². The molecular formula is C16H25NO2. The summed E-state index contributed by atoms with van der Waals surface area (Å²) >= 11 is 0. The number of rotatable bonds is 6. The summed E-state index contributed by atoms with van der Waals surface area (Å²) in [6, 6.07) is 5.81. The largest absolute Gasteiger partial charge is 0.508 e. The molecule has 0 amide bonds. The van der Waals surface area contributed by atoms with Gasteiger partial charge in [-0.15, -0.1) is 0 Å². The zero-order valence-electron chi connectivity index (χ0n) is 12.2. The Labute approximate surface area is 116 Å². The normalized spacial score (nSPS) is 17.8. The molecule has 3 nitrogen and oxygen atoms in total. The first-order valence-corrected chi connectivity index (χ1v) is 7.39. The van der Waals surface area contributed by atoms with E-state index in [9.17, 15) is 5.11 Å². The third-order valence-electron chi connectivity index (χ3n) is 4.25. The lowest BCUT2D eigenvalue weighted by Gasteiger charge is -2.30. The predicted octanol–water partition coefficient (Wildman–Crippen LogP) is 3.58. The summed E-state index contributed by atoms with van der Waals surface area (Å²) in [5, 5.41) is 9.51. The van der Waals surface area contributed by atoms with Gasteiger partial charge in [-0.05, 0) is 24.6 Å². The van der Waals surface area contributed by atoms with E-state index in [0.717, 1.165) is 24.8 Å². The summed E-state index contributed by atoms with van der Waals surface area (Å²) in [4.78, 5) is 2.50. The van der Waals surface area contributed by atoms with Crippen LogP contribution in [0.25, 0.3) is 0 Å². The summed E-state index contributed by atoms with van der Waals surface area (Å²) in [5.74, 6) is 1.87. The summed E-state index contributed by atoms with van der Waals surface area (Å²) in [7, 11) is 0. The molecule has 1 aromatic rings. The van der Waals surface area contributed by atoms with Crippen LogP contribution < -0.4 is 4.74 Å². The van der Waals surface area contributed by atoms with Crippen LogP contribution in [-0.4, -0.2) is 29.7 Å². The van der Waals surface area contributed by atoms with Gasteiger partial charge in [-0.1, -0.05) is 33.6 Å². The van der Waals surface area contributed by atoms with Crippen LogP contribution in [0.5, 0.6) is 11.5 Å². The highest BCUT2D eigenvalue weighted by Gasteiger charge is 2.29. The van der Waals surface area contributed by atoms with E-state index in [0.29, 0.717) is 12.6 Å². The van der Waals surface area contributed by atoms with Crippen molar-refractivity contribution in [1.29, 1.82) is 0 Å². The van der Waals surface area contributed by atoms with Gasteiger partial charge in [-0.3, -0.25) is 4.90 Å². The van der Waals surface area contributed by atoms with E-state index < -0.39 is 0 Å². The van der Waals surface area contributed by atoms with Crippen LogP contribution in [0.15, 0.2) is 18.2 Å². The highest BCUT2D eigenvalue weighted by atomic mass is 16.5. The van der Waals surface area contributed by atoms with E-state index in [1.807, 2.05) is 6.07 Å². The van der Waals surface area contributed by atoms with Gasteiger partial charge in [0.1, 0.15) is 18.1 Å². The number of hydrogen-bond acceptors (Lipinski definition) is 3. The van der Waals surface area contributed by atoms with Crippen molar-refractivity contribution in [1.82, 2.24) is 4.90 Å². The highest BCUT2D eigenvalue weighted by molar-refractivity contribution is 5.44. The molecule has 106 valence electrons. The standard InChI is InChI=1S/C16H25NO2/c1-4-12(5-2)10-17(6-3)15-11-19-16-9-13(18)7-8-14(15)16/h7-9,12,15,18H,4-6,10-11H2,1-3H3. The van der Waals surface area contributed by atoms with Gasteiger partial charge in [0.2, 0.25) is 0 Å². The van der Waals surface area contributed by atoms with Crippen LogP contribution in [0.2, 0.25) is 0 Å². The minimum absolute atomic E-state index is 0.280. The van der Waals surface area contributed by atoms with E-state index >= 15 is 0 Å². The molecule has 3 heteroatoms. The first kappa shape index (κ1) is 14.2. The van der Waals surface area contributed by atoms with Gasteiger partial charge in [0.05, 0.1) is 6.04 Å². The molecule has 1 aliphatic rings. The molecule has 0 radical (unpaired) electrons. The third-order valence-corrected chi connectivity index (χ3v) is 4.25. The van der Waals surface area contributed by atoms with Gasteiger partial charge in [0.25, 0.3) is 0 Å². The van der Waals surface area contributed by atoms with E-state index in [1.165, 1.54) is 18.4 Å². The van der Waals surface area contributed by atoms with E-state index in [1.54, 1.807) is 12.1 Å². The zero-order valence-corrected chi connectivity index (χ0v) is 12.2. The van der Waals surface area contributed by atoms with Gasteiger partial charge in [0, 0.05) is 18.2 Å². The summed E-state index contributed by atoms with van der Waals surface area (Å²) < 4.78 is 5.72. The molecule has 0 saturated carbocycles. The minimum Gasteiger partial charge on any atom is -0.508 e. The molecule has 1 unspecified atom stereocenters. The Bertz CT molecular complexity index is 415. The second-order valence-electron chi connectivity index (χ2n) is 5.32. The average molecular weight is 263 g/mol. The first-order valence-electron chi connectivity index (χ1n) is 7.39. The zero-order chi connectivity index (χ0) is 13.8. The number of phenols is 1. The lowest BCUT2D eigenvalue weighted by atomic mass is 10.00. The maximum atomic E-state index is 9.51. The lowest BCUT2D eigenvalue weighted by Crippen LogP contribution is -2.34. The Hall–Kier alpha value is -1.22. The van der Waals surface area contributed by atoms with Crippen molar-refractivity contribution in [3.05, 3.63) is 23.8 Å². The fourth-order valence-electron chi connectivity index (χ4n) is 2.84. The number of phenolic OH excluding ortho intramolecular Hbond substituents is 1. The highest BCUT2D eigenvalue weighted by Crippen LogP contribution is 2.38. The average Bonchev–Trinajstić information content (AvgIpc) is 2.83. The van der Waals surface area contributed by atoms with Crippen molar-refractivity contribution < 1.29 is 9.84 Å². The number of aromatic hydroxyl groups is 1. The monoisotopic (exact) mass is 263 g/mol. The molecule has 1 aliphatic heterocycles. The van der Waals surface area contributed by atoms with E-state index in [2.05, 4.69) is 25.7 Å². The SMILES string of the molecule is CCC(CC)CN(CC)C1COc2cc(O)ccc21. The smallest absolute Gasteiger partial charge is 0.127 e. The first-order chi connectivity index (χ1) is 9.19. The molecule has 0 saturated heterocycles. The van der Waals surface area contributed by atoms with Crippen LogP contribution in [-0.2, 0) is 0 Å². The molecule has 0 bridgehead atoms. The molecule has 0 aromatic heterocycles. The van der Waals surface area contributed by atoms with Crippen molar-refractivity contribution in [3.63, 3.8) is 0 Å². The minimum atomic E-state index is 0.280. The number of nitrogens with zero attached hydrogens (tertiary/aromatic N) is 1. The number of hydrogen-bond donors (Lipinski definition) is 1. The van der Waals surface area contributed by atoms with Gasteiger partial charge in [-0.2, -0.15) is 0 Å². The molecule has 1 N–H and O–H groups in total. The van der Waals surface area contributed by atoms with Crippen LogP contribution in [0.3, 0.4) is 0 Å². The number of benzene rings is 1. The van der Waals surface area contributed by atoms with Crippen molar-refractivity contribution in [2.75, 3.05) is 19.7 Å². The molecule has 0 spiro atoms. The van der Waals surface area contributed by atoms with Crippen molar-refractivity contribution in [2.24, 2.45) is 5.92 Å². The molecule has 0 aliphatic carbocycles. The number of likely N-dealkylation sites (N-methyl/N-ethyl adjacent to an activating group) is 1. The number of ether oxygens (including phenoxy) is 1. The lowest BCUT2D eigenvalue weighted by molar-refractivity contribution is 0.144. The molecule has 0 fully saturated rings. The molecule has 1 atom stereocenters. The van der Waals surface area contributed by atoms with Gasteiger partial charge in [0.15, 0.2) is 0 Å².